The van der Waals surface area contributed by atoms with Crippen molar-refractivity contribution in [3.8, 4) is 0 Å². The quantitative estimate of drug-likeness (QED) is 0.796. The van der Waals surface area contributed by atoms with E-state index in [2.05, 4.69) is 25.9 Å². The van der Waals surface area contributed by atoms with Crippen LogP contribution in [0.1, 0.15) is 10.4 Å². The molecule has 5 nitrogen and oxygen atoms in total. The summed E-state index contributed by atoms with van der Waals surface area (Å²) < 4.78 is 2.79. The highest BCUT2D eigenvalue weighted by Crippen LogP contribution is 2.23. The monoisotopic (exact) mass is 396 g/mol. The number of benzene rings is 1. The number of piperazine rings is 1. The molecule has 1 aromatic carbocycles. The maximum absolute atomic E-state index is 12.6. The van der Waals surface area contributed by atoms with Gasteiger partial charge in [0.2, 0.25) is 0 Å². The van der Waals surface area contributed by atoms with Crippen LogP contribution in [0.15, 0.2) is 41.1 Å². The molecule has 1 aliphatic rings. The minimum Gasteiger partial charge on any atom is -0.336 e. The van der Waals surface area contributed by atoms with Gasteiger partial charge in [-0.15, -0.1) is 0 Å². The zero-order valence-corrected chi connectivity index (χ0v) is 15.0. The van der Waals surface area contributed by atoms with Gasteiger partial charge in [0.25, 0.3) is 5.91 Å². The summed E-state index contributed by atoms with van der Waals surface area (Å²) in [5.74, 6) is 0.00280. The lowest BCUT2D eigenvalue weighted by Gasteiger charge is -2.34. The van der Waals surface area contributed by atoms with Crippen molar-refractivity contribution in [2.24, 2.45) is 0 Å². The minimum atomic E-state index is 0.00280. The summed E-state index contributed by atoms with van der Waals surface area (Å²) in [4.78, 5) is 16.8. The summed E-state index contributed by atoms with van der Waals surface area (Å²) in [6.45, 7) is 5.01. The Morgan fingerprint density at radius 3 is 2.70 bits per heavy atom. The van der Waals surface area contributed by atoms with E-state index in [1.165, 1.54) is 0 Å². The predicted molar refractivity (Wildman–Crippen MR) is 93.7 cm³/mol. The molecule has 7 heteroatoms. The molecule has 23 heavy (non-hydrogen) atoms. The Morgan fingerprint density at radius 1 is 1.22 bits per heavy atom. The molecule has 0 aliphatic carbocycles. The van der Waals surface area contributed by atoms with Gasteiger partial charge in [0.15, 0.2) is 0 Å². The Bertz CT molecular complexity index is 669. The molecule has 0 radical (unpaired) electrons. The molecular weight excluding hydrogens is 380 g/mol. The smallest absolute Gasteiger partial charge is 0.255 e. The number of amides is 1. The topological polar surface area (TPSA) is 41.4 Å². The van der Waals surface area contributed by atoms with Crippen molar-refractivity contribution in [3.63, 3.8) is 0 Å². The second kappa shape index (κ2) is 7.47. The molecule has 122 valence electrons. The summed E-state index contributed by atoms with van der Waals surface area (Å²) in [6.07, 6.45) is 3.76. The zero-order valence-electron chi connectivity index (χ0n) is 12.7. The Balaban J connectivity index is 1.54. The van der Waals surface area contributed by atoms with E-state index in [4.69, 9.17) is 11.6 Å². The van der Waals surface area contributed by atoms with Gasteiger partial charge in [-0.25, -0.2) is 0 Å². The fourth-order valence-corrected chi connectivity index (χ4v) is 3.24. The lowest BCUT2D eigenvalue weighted by Crippen LogP contribution is -2.49. The maximum atomic E-state index is 12.6. The van der Waals surface area contributed by atoms with Crippen molar-refractivity contribution in [1.29, 1.82) is 0 Å². The number of hydrogen-bond donors (Lipinski definition) is 0. The minimum absolute atomic E-state index is 0.00280. The van der Waals surface area contributed by atoms with E-state index in [1.807, 2.05) is 27.9 Å². The Morgan fingerprint density at radius 2 is 2.00 bits per heavy atom. The lowest BCUT2D eigenvalue weighted by atomic mass is 10.2. The number of halogens is 2. The van der Waals surface area contributed by atoms with Crippen molar-refractivity contribution in [3.05, 3.63) is 51.7 Å². The van der Waals surface area contributed by atoms with Gasteiger partial charge < -0.3 is 4.90 Å². The fourth-order valence-electron chi connectivity index (χ4n) is 2.68. The average Bonchev–Trinajstić information content (AvgIpc) is 3.08. The summed E-state index contributed by atoms with van der Waals surface area (Å²) >= 11 is 9.55. The van der Waals surface area contributed by atoms with E-state index in [1.54, 1.807) is 18.3 Å². The number of carbonyl (C=O) groups excluding carboxylic acids is 1. The third kappa shape index (κ3) is 4.13. The summed E-state index contributed by atoms with van der Waals surface area (Å²) in [5, 5.41) is 4.71. The molecule has 1 fully saturated rings. The highest BCUT2D eigenvalue weighted by Gasteiger charge is 2.23. The maximum Gasteiger partial charge on any atom is 0.255 e. The molecule has 3 rings (SSSR count). The van der Waals surface area contributed by atoms with Crippen molar-refractivity contribution in [2.75, 3.05) is 32.7 Å². The first-order valence-electron chi connectivity index (χ1n) is 7.57. The molecule has 2 heterocycles. The van der Waals surface area contributed by atoms with Crippen LogP contribution in [-0.4, -0.2) is 58.2 Å². The summed E-state index contributed by atoms with van der Waals surface area (Å²) in [6, 6.07) is 7.30. The van der Waals surface area contributed by atoms with Crippen molar-refractivity contribution < 1.29 is 4.79 Å². The van der Waals surface area contributed by atoms with Crippen LogP contribution in [0.3, 0.4) is 0 Å². The van der Waals surface area contributed by atoms with Crippen LogP contribution >= 0.6 is 27.5 Å². The molecule has 1 aliphatic heterocycles. The third-order valence-corrected chi connectivity index (χ3v) is 4.85. The van der Waals surface area contributed by atoms with Crippen LogP contribution in [0.25, 0.3) is 0 Å². The van der Waals surface area contributed by atoms with Gasteiger partial charge in [-0.1, -0.05) is 27.5 Å². The summed E-state index contributed by atoms with van der Waals surface area (Å²) in [5.41, 5.74) is 0.561. The van der Waals surface area contributed by atoms with Crippen LogP contribution in [0, 0.1) is 0 Å². The molecule has 0 atom stereocenters. The van der Waals surface area contributed by atoms with Crippen molar-refractivity contribution >= 4 is 33.4 Å². The fraction of sp³-hybridized carbons (Fsp3) is 0.375. The Kier molecular flexibility index (Phi) is 5.35. The van der Waals surface area contributed by atoms with Crippen molar-refractivity contribution in [1.82, 2.24) is 19.6 Å². The first-order valence-corrected chi connectivity index (χ1v) is 8.75. The Labute approximate surface area is 148 Å². The SMILES string of the molecule is O=C(c1cc(Br)ccc1Cl)N1CCN(CCn2cccn2)CC1. The van der Waals surface area contributed by atoms with E-state index in [0.29, 0.717) is 10.6 Å². The normalized spacial score (nSPS) is 15.8. The third-order valence-electron chi connectivity index (χ3n) is 4.02. The highest BCUT2D eigenvalue weighted by atomic mass is 79.9. The second-order valence-electron chi connectivity index (χ2n) is 5.53. The Hall–Kier alpha value is -1.37. The molecule has 0 saturated carbocycles. The van der Waals surface area contributed by atoms with E-state index < -0.39 is 0 Å². The van der Waals surface area contributed by atoms with Crippen molar-refractivity contribution in [2.45, 2.75) is 6.54 Å². The lowest BCUT2D eigenvalue weighted by molar-refractivity contribution is 0.0632. The summed E-state index contributed by atoms with van der Waals surface area (Å²) in [7, 11) is 0. The molecule has 1 aromatic heterocycles. The zero-order chi connectivity index (χ0) is 16.2. The van der Waals surface area contributed by atoms with Crippen LogP contribution in [-0.2, 0) is 6.54 Å². The van der Waals surface area contributed by atoms with Gasteiger partial charge in [-0.05, 0) is 24.3 Å². The van der Waals surface area contributed by atoms with Crippen LogP contribution < -0.4 is 0 Å². The largest absolute Gasteiger partial charge is 0.336 e. The van der Waals surface area contributed by atoms with Gasteiger partial charge in [-0.2, -0.15) is 5.10 Å². The van der Waals surface area contributed by atoms with Gasteiger partial charge in [-0.3, -0.25) is 14.4 Å². The number of aromatic nitrogens is 2. The van der Waals surface area contributed by atoms with E-state index >= 15 is 0 Å². The van der Waals surface area contributed by atoms with Gasteiger partial charge in [0.1, 0.15) is 0 Å². The van der Waals surface area contributed by atoms with E-state index in [0.717, 1.165) is 43.7 Å². The first kappa shape index (κ1) is 16.5. The van der Waals surface area contributed by atoms with Crippen LogP contribution in [0.4, 0.5) is 0 Å². The number of carbonyl (C=O) groups is 1. The van der Waals surface area contributed by atoms with Crippen LogP contribution in [0.5, 0.6) is 0 Å². The molecule has 1 amide bonds. The van der Waals surface area contributed by atoms with Gasteiger partial charge >= 0.3 is 0 Å². The molecule has 1 saturated heterocycles. The number of hydrogen-bond acceptors (Lipinski definition) is 3. The van der Waals surface area contributed by atoms with Crippen LogP contribution in [0.2, 0.25) is 5.02 Å². The number of rotatable bonds is 4. The first-order chi connectivity index (χ1) is 11.1. The second-order valence-corrected chi connectivity index (χ2v) is 6.85. The number of nitrogens with zero attached hydrogens (tertiary/aromatic N) is 4. The van der Waals surface area contributed by atoms with Gasteiger partial charge in [0, 0.05) is 49.6 Å². The molecule has 0 unspecified atom stereocenters. The molecule has 2 aromatic rings. The average molecular weight is 398 g/mol. The molecule has 0 N–H and O–H groups in total. The molecule has 0 bridgehead atoms. The molecular formula is C16H18BrClN4O. The van der Waals surface area contributed by atoms with E-state index in [9.17, 15) is 4.79 Å². The predicted octanol–water partition coefficient (Wildman–Crippen LogP) is 2.76. The molecule has 0 spiro atoms. The van der Waals surface area contributed by atoms with Gasteiger partial charge in [0.05, 0.1) is 17.1 Å². The standard InChI is InChI=1S/C16H18BrClN4O/c17-13-2-3-15(18)14(12-13)16(23)21-9-6-20(7-10-21)8-11-22-5-1-4-19-22/h1-5,12H,6-11H2. The highest BCUT2D eigenvalue weighted by molar-refractivity contribution is 9.10. The van der Waals surface area contributed by atoms with E-state index in [-0.39, 0.29) is 5.91 Å².